The molecule has 12 nitrogen and oxygen atoms in total. The van der Waals surface area contributed by atoms with Crippen molar-refractivity contribution in [1.82, 2.24) is 9.97 Å². The van der Waals surface area contributed by atoms with Crippen LogP contribution in [0.15, 0.2) is 84.9 Å². The molecule has 2 unspecified atom stereocenters. The number of alkyl halides is 2. The molecule has 0 saturated heterocycles. The molecule has 2 aliphatic rings. The summed E-state index contributed by atoms with van der Waals surface area (Å²) in [6.45, 7) is 2.62. The Labute approximate surface area is 423 Å². The number of pyridine rings is 2. The third-order valence-corrected chi connectivity index (χ3v) is 12.7. The molecule has 0 spiro atoms. The number of ether oxygens (including phenoxy) is 6. The van der Waals surface area contributed by atoms with Gasteiger partial charge in [0.2, 0.25) is 0 Å². The van der Waals surface area contributed by atoms with Crippen LogP contribution >= 0.6 is 23.2 Å². The lowest BCUT2D eigenvalue weighted by molar-refractivity contribution is 0.0396. The van der Waals surface area contributed by atoms with Crippen LogP contribution in [-0.2, 0) is 24.0 Å². The van der Waals surface area contributed by atoms with Gasteiger partial charge in [0.15, 0.2) is 34.6 Å². The van der Waals surface area contributed by atoms with Gasteiger partial charge in [0.25, 0.3) is 0 Å². The summed E-state index contributed by atoms with van der Waals surface area (Å²) >= 11 is 12.0. The maximum Gasteiger partial charge on any atom is 0.163 e. The number of ketones is 2. The molecule has 18 heteroatoms. The SMILES string of the molecule is COc1cc(C(=O)CCC(C)(O)c2cc3c(c(-c4ccc(F)c(Cl)c4)n2)OCC3)ccc1OCCF.COc1cc(C(=O)CCC(C)(O)c2cc3c(c(-c4ccc(F)c(Cl)c4)n2)OCC3)ccc1OCCF. The van der Waals surface area contributed by atoms with Gasteiger partial charge in [-0.05, 0) is 112 Å². The van der Waals surface area contributed by atoms with E-state index in [1.807, 2.05) is 0 Å². The van der Waals surface area contributed by atoms with E-state index in [2.05, 4.69) is 9.97 Å². The van der Waals surface area contributed by atoms with Gasteiger partial charge >= 0.3 is 0 Å². The number of fused-ring (bicyclic) bond motifs is 2. The summed E-state index contributed by atoms with van der Waals surface area (Å²) < 4.78 is 84.9. The standard InChI is InChI=1S/2C27H26ClF2NO5/c2*1-27(33,9-7-21(32)16-4-6-22(35-12-10-29)23(14-16)34-2)24-15-18-8-11-36-26(18)25(31-24)17-3-5-20(30)19(28)13-17/h2*3-6,13-15,33H,7-12H2,1-2H3. The highest BCUT2D eigenvalue weighted by molar-refractivity contribution is 6.31. The number of benzene rings is 4. The second kappa shape index (κ2) is 23.4. The summed E-state index contributed by atoms with van der Waals surface area (Å²) in [7, 11) is 2.87. The Hall–Kier alpha value is -6.46. The Kier molecular flexibility index (Phi) is 17.3. The average Bonchev–Trinajstić information content (AvgIpc) is 4.08. The first-order valence-corrected chi connectivity index (χ1v) is 23.7. The van der Waals surface area contributed by atoms with Crippen molar-refractivity contribution in [3.8, 4) is 57.0 Å². The molecule has 4 heterocycles. The summed E-state index contributed by atoms with van der Waals surface area (Å²) in [6, 6.07) is 21.5. The highest BCUT2D eigenvalue weighted by Gasteiger charge is 2.33. The molecule has 2 aromatic heterocycles. The molecule has 0 saturated carbocycles. The lowest BCUT2D eigenvalue weighted by Crippen LogP contribution is -2.24. The third kappa shape index (κ3) is 12.4. The van der Waals surface area contributed by atoms with E-state index in [1.54, 1.807) is 62.4 Å². The number of rotatable bonds is 20. The number of aromatic nitrogens is 2. The van der Waals surface area contributed by atoms with E-state index in [1.165, 1.54) is 50.6 Å². The van der Waals surface area contributed by atoms with Crippen LogP contribution in [0.4, 0.5) is 17.6 Å². The molecule has 0 bridgehead atoms. The molecule has 0 fully saturated rings. The zero-order valence-corrected chi connectivity index (χ0v) is 41.4. The van der Waals surface area contributed by atoms with Crippen LogP contribution in [0, 0.1) is 11.6 Å². The number of nitrogens with zero attached hydrogens (tertiary/aromatic N) is 2. The molecular formula is C54H52Cl2F4N2O10. The van der Waals surface area contributed by atoms with Crippen molar-refractivity contribution in [2.75, 3.05) is 54.0 Å². The zero-order chi connectivity index (χ0) is 51.7. The molecule has 0 amide bonds. The normalized spacial score (nSPS) is 14.1. The van der Waals surface area contributed by atoms with Gasteiger partial charge in [0, 0.05) is 59.1 Å². The van der Waals surface area contributed by atoms with Crippen molar-refractivity contribution in [2.45, 2.75) is 63.6 Å². The number of hydrogen-bond acceptors (Lipinski definition) is 12. The monoisotopic (exact) mass is 1030 g/mol. The largest absolute Gasteiger partial charge is 0.493 e. The summed E-state index contributed by atoms with van der Waals surface area (Å²) in [5, 5.41) is 22.5. The third-order valence-electron chi connectivity index (χ3n) is 12.1. The minimum Gasteiger partial charge on any atom is -0.493 e. The lowest BCUT2D eigenvalue weighted by atomic mass is 9.91. The molecule has 380 valence electrons. The minimum absolute atomic E-state index is 0.0355. The van der Waals surface area contributed by atoms with Crippen LogP contribution < -0.4 is 28.4 Å². The van der Waals surface area contributed by atoms with Crippen molar-refractivity contribution < 1.29 is 65.8 Å². The summed E-state index contributed by atoms with van der Waals surface area (Å²) in [6.07, 6.45) is 1.55. The summed E-state index contributed by atoms with van der Waals surface area (Å²) in [5.41, 5.74) is 2.45. The van der Waals surface area contributed by atoms with Gasteiger partial charge in [-0.2, -0.15) is 0 Å². The molecule has 2 aliphatic heterocycles. The number of carbonyl (C=O) groups excluding carboxylic acids is 2. The van der Waals surface area contributed by atoms with Crippen LogP contribution in [0.5, 0.6) is 34.5 Å². The van der Waals surface area contributed by atoms with Crippen molar-refractivity contribution in [3.63, 3.8) is 0 Å². The predicted molar refractivity (Wildman–Crippen MR) is 263 cm³/mol. The first-order valence-electron chi connectivity index (χ1n) is 23.0. The Balaban J connectivity index is 0.000000211. The first-order chi connectivity index (χ1) is 34.5. The molecule has 2 atom stereocenters. The van der Waals surface area contributed by atoms with Crippen molar-refractivity contribution in [2.24, 2.45) is 0 Å². The first kappa shape index (κ1) is 53.3. The van der Waals surface area contributed by atoms with E-state index in [-0.39, 0.29) is 60.5 Å². The van der Waals surface area contributed by atoms with Crippen LogP contribution in [0.25, 0.3) is 22.5 Å². The molecule has 2 N–H and O–H groups in total. The molecular weight excluding hydrogens is 983 g/mol. The predicted octanol–water partition coefficient (Wildman–Crippen LogP) is 11.4. The summed E-state index contributed by atoms with van der Waals surface area (Å²) in [5.74, 6) is 0.991. The van der Waals surface area contributed by atoms with Gasteiger partial charge in [-0.1, -0.05) is 23.2 Å². The van der Waals surface area contributed by atoms with E-state index in [0.29, 0.717) is 106 Å². The fourth-order valence-corrected chi connectivity index (χ4v) is 8.46. The number of halogens is 6. The Morgan fingerprint density at radius 1 is 0.611 bits per heavy atom. The van der Waals surface area contributed by atoms with Crippen LogP contribution in [0.1, 0.15) is 82.8 Å². The number of hydrogen-bond donors (Lipinski definition) is 2. The molecule has 72 heavy (non-hydrogen) atoms. The average molecular weight is 1040 g/mol. The Bertz CT molecular complexity index is 2760. The van der Waals surface area contributed by atoms with E-state index in [4.69, 9.17) is 51.6 Å². The molecule has 0 aliphatic carbocycles. The quantitative estimate of drug-likeness (QED) is 0.0552. The van der Waals surface area contributed by atoms with Crippen LogP contribution in [0.2, 0.25) is 10.0 Å². The summed E-state index contributed by atoms with van der Waals surface area (Å²) in [4.78, 5) is 35.1. The maximum absolute atomic E-state index is 13.7. The van der Waals surface area contributed by atoms with Gasteiger partial charge in [-0.15, -0.1) is 0 Å². The number of carbonyl (C=O) groups is 2. The minimum atomic E-state index is -1.43. The zero-order valence-electron chi connectivity index (χ0n) is 39.9. The van der Waals surface area contributed by atoms with E-state index < -0.39 is 36.2 Å². The van der Waals surface area contributed by atoms with Gasteiger partial charge in [0.1, 0.15) is 72.3 Å². The van der Waals surface area contributed by atoms with E-state index in [9.17, 15) is 37.4 Å². The van der Waals surface area contributed by atoms with Gasteiger partial charge < -0.3 is 38.6 Å². The fourth-order valence-electron chi connectivity index (χ4n) is 8.10. The van der Waals surface area contributed by atoms with Gasteiger partial charge in [-0.25, -0.2) is 27.5 Å². The van der Waals surface area contributed by atoms with Crippen LogP contribution in [0.3, 0.4) is 0 Å². The van der Waals surface area contributed by atoms with E-state index >= 15 is 0 Å². The van der Waals surface area contributed by atoms with Crippen LogP contribution in [-0.4, -0.2) is 85.7 Å². The number of methoxy groups -OCH3 is 2. The highest BCUT2D eigenvalue weighted by Crippen LogP contribution is 2.42. The second-order valence-electron chi connectivity index (χ2n) is 17.3. The van der Waals surface area contributed by atoms with E-state index in [0.717, 1.165) is 11.1 Å². The highest BCUT2D eigenvalue weighted by atomic mass is 35.5. The smallest absolute Gasteiger partial charge is 0.163 e. The van der Waals surface area contributed by atoms with Crippen molar-refractivity contribution >= 4 is 34.8 Å². The molecule has 4 aromatic carbocycles. The maximum atomic E-state index is 13.7. The van der Waals surface area contributed by atoms with Gasteiger partial charge in [-0.3, -0.25) is 9.59 Å². The topological polar surface area (TPSA) is 156 Å². The lowest BCUT2D eigenvalue weighted by Gasteiger charge is -2.24. The Morgan fingerprint density at radius 3 is 1.38 bits per heavy atom. The molecule has 6 aromatic rings. The number of aliphatic hydroxyl groups is 2. The number of Topliss-reactive ketones (excluding diaryl/α,β-unsaturated/α-hetero) is 2. The van der Waals surface area contributed by atoms with Crippen molar-refractivity contribution in [3.05, 3.63) is 140 Å². The second-order valence-corrected chi connectivity index (χ2v) is 18.2. The fraction of sp³-hybridized carbons (Fsp3) is 0.333. The van der Waals surface area contributed by atoms with Crippen molar-refractivity contribution in [1.29, 1.82) is 0 Å². The molecule has 8 rings (SSSR count). The molecule has 0 radical (unpaired) electrons. The Morgan fingerprint density at radius 2 is 1.01 bits per heavy atom. The van der Waals surface area contributed by atoms with Gasteiger partial charge in [0.05, 0.1) is 48.9 Å².